The van der Waals surface area contributed by atoms with E-state index < -0.39 is 0 Å². The molecule has 0 aliphatic rings. The van der Waals surface area contributed by atoms with Gasteiger partial charge in [-0.2, -0.15) is 0 Å². The third kappa shape index (κ3) is 3.93. The molecule has 2 aromatic rings. The summed E-state index contributed by atoms with van der Waals surface area (Å²) in [7, 11) is 0. The molecule has 0 saturated carbocycles. The van der Waals surface area contributed by atoms with Crippen molar-refractivity contribution in [3.63, 3.8) is 0 Å². The number of aliphatic hydroxyl groups is 1. The van der Waals surface area contributed by atoms with E-state index in [0.29, 0.717) is 23.9 Å². The molecule has 0 amide bonds. The number of hydrogen-bond donors (Lipinski definition) is 1. The van der Waals surface area contributed by atoms with Crippen molar-refractivity contribution in [2.24, 2.45) is 0 Å². The van der Waals surface area contributed by atoms with Gasteiger partial charge < -0.3 is 14.6 Å². The van der Waals surface area contributed by atoms with Crippen molar-refractivity contribution in [1.82, 2.24) is 9.97 Å². The van der Waals surface area contributed by atoms with Crippen LogP contribution in [-0.2, 0) is 6.61 Å². The first kappa shape index (κ1) is 13.3. The van der Waals surface area contributed by atoms with Gasteiger partial charge in [-0.1, -0.05) is 6.92 Å². The fraction of sp³-hybridized carbons (Fsp3) is 0.286. The standard InChI is InChI=1S/C14H16N2O3/c1-2-7-18-12-3-5-13(6-4-12)19-14-9-15-11(10-17)8-16-14/h3-6,8-9,17H,2,7,10H2,1H3. The molecule has 100 valence electrons. The van der Waals surface area contributed by atoms with Crippen molar-refractivity contribution in [2.75, 3.05) is 6.61 Å². The Hall–Kier alpha value is -2.14. The first-order chi connectivity index (χ1) is 9.31. The third-order valence-corrected chi connectivity index (χ3v) is 2.36. The Labute approximate surface area is 111 Å². The van der Waals surface area contributed by atoms with Gasteiger partial charge in [0.1, 0.15) is 11.5 Å². The topological polar surface area (TPSA) is 64.5 Å². The maximum Gasteiger partial charge on any atom is 0.237 e. The van der Waals surface area contributed by atoms with Gasteiger partial charge in [0.15, 0.2) is 0 Å². The number of rotatable bonds is 6. The minimum Gasteiger partial charge on any atom is -0.494 e. The Kier molecular flexibility index (Phi) is 4.69. The molecule has 0 aliphatic heterocycles. The van der Waals surface area contributed by atoms with Crippen LogP contribution in [0.15, 0.2) is 36.7 Å². The highest BCUT2D eigenvalue weighted by Crippen LogP contribution is 2.22. The minimum absolute atomic E-state index is 0.128. The zero-order valence-electron chi connectivity index (χ0n) is 10.7. The maximum atomic E-state index is 8.86. The van der Waals surface area contributed by atoms with Crippen molar-refractivity contribution in [3.8, 4) is 17.4 Å². The van der Waals surface area contributed by atoms with Crippen molar-refractivity contribution in [2.45, 2.75) is 20.0 Å². The summed E-state index contributed by atoms with van der Waals surface area (Å²) >= 11 is 0. The fourth-order valence-electron chi connectivity index (χ4n) is 1.42. The van der Waals surface area contributed by atoms with E-state index in [-0.39, 0.29) is 6.61 Å². The highest BCUT2D eigenvalue weighted by atomic mass is 16.5. The minimum atomic E-state index is -0.128. The van der Waals surface area contributed by atoms with E-state index in [1.165, 1.54) is 12.4 Å². The van der Waals surface area contributed by atoms with Gasteiger partial charge in [-0.15, -0.1) is 0 Å². The molecule has 0 spiro atoms. The molecule has 0 bridgehead atoms. The quantitative estimate of drug-likeness (QED) is 0.864. The van der Waals surface area contributed by atoms with Gasteiger partial charge in [0, 0.05) is 0 Å². The van der Waals surface area contributed by atoms with Gasteiger partial charge in [0.2, 0.25) is 5.88 Å². The molecule has 0 atom stereocenters. The molecule has 19 heavy (non-hydrogen) atoms. The Balaban J connectivity index is 1.98. The van der Waals surface area contributed by atoms with E-state index in [1.807, 2.05) is 24.3 Å². The smallest absolute Gasteiger partial charge is 0.237 e. The second-order valence-corrected chi connectivity index (χ2v) is 3.93. The van der Waals surface area contributed by atoms with E-state index in [4.69, 9.17) is 14.6 Å². The average molecular weight is 260 g/mol. The van der Waals surface area contributed by atoms with Gasteiger partial charge in [-0.05, 0) is 30.7 Å². The van der Waals surface area contributed by atoms with Gasteiger partial charge in [0.05, 0.1) is 31.3 Å². The molecule has 5 heteroatoms. The lowest BCUT2D eigenvalue weighted by Gasteiger charge is -2.07. The highest BCUT2D eigenvalue weighted by Gasteiger charge is 2.01. The van der Waals surface area contributed by atoms with Crippen LogP contribution in [-0.4, -0.2) is 21.7 Å². The molecule has 1 aromatic heterocycles. The van der Waals surface area contributed by atoms with Crippen LogP contribution >= 0.6 is 0 Å². The molecule has 0 unspecified atom stereocenters. The van der Waals surface area contributed by atoms with Gasteiger partial charge >= 0.3 is 0 Å². The molecule has 0 radical (unpaired) electrons. The monoisotopic (exact) mass is 260 g/mol. The summed E-state index contributed by atoms with van der Waals surface area (Å²) in [6.45, 7) is 2.64. The normalized spacial score (nSPS) is 10.2. The summed E-state index contributed by atoms with van der Waals surface area (Å²) in [6.07, 6.45) is 3.94. The third-order valence-electron chi connectivity index (χ3n) is 2.36. The molecule has 1 aromatic carbocycles. The summed E-state index contributed by atoms with van der Waals surface area (Å²) in [6, 6.07) is 7.32. The fourth-order valence-corrected chi connectivity index (χ4v) is 1.42. The van der Waals surface area contributed by atoms with Crippen LogP contribution in [0, 0.1) is 0 Å². The number of hydrogen-bond acceptors (Lipinski definition) is 5. The zero-order chi connectivity index (χ0) is 13.5. The predicted molar refractivity (Wildman–Crippen MR) is 70.3 cm³/mol. The van der Waals surface area contributed by atoms with Crippen LogP contribution in [0.5, 0.6) is 17.4 Å². The predicted octanol–water partition coefficient (Wildman–Crippen LogP) is 2.55. The van der Waals surface area contributed by atoms with E-state index in [0.717, 1.165) is 12.2 Å². The van der Waals surface area contributed by atoms with Crippen molar-refractivity contribution >= 4 is 0 Å². The van der Waals surface area contributed by atoms with Crippen LogP contribution in [0.4, 0.5) is 0 Å². The summed E-state index contributed by atoms with van der Waals surface area (Å²) in [5.74, 6) is 1.87. The largest absolute Gasteiger partial charge is 0.494 e. The van der Waals surface area contributed by atoms with E-state index in [9.17, 15) is 0 Å². The highest BCUT2D eigenvalue weighted by molar-refractivity contribution is 5.33. The van der Waals surface area contributed by atoms with Gasteiger partial charge in [0.25, 0.3) is 0 Å². The first-order valence-electron chi connectivity index (χ1n) is 6.14. The van der Waals surface area contributed by atoms with Crippen LogP contribution in [0.3, 0.4) is 0 Å². The SMILES string of the molecule is CCCOc1ccc(Oc2cnc(CO)cn2)cc1. The van der Waals surface area contributed by atoms with Crippen molar-refractivity contribution in [3.05, 3.63) is 42.4 Å². The summed E-state index contributed by atoms with van der Waals surface area (Å²) in [5.41, 5.74) is 0.510. The lowest BCUT2D eigenvalue weighted by molar-refractivity contribution is 0.276. The van der Waals surface area contributed by atoms with Crippen molar-refractivity contribution < 1.29 is 14.6 Å². The molecular weight excluding hydrogens is 244 g/mol. The summed E-state index contributed by atoms with van der Waals surface area (Å²) in [4.78, 5) is 8.03. The van der Waals surface area contributed by atoms with E-state index in [1.54, 1.807) is 0 Å². The number of benzene rings is 1. The van der Waals surface area contributed by atoms with E-state index in [2.05, 4.69) is 16.9 Å². The Bertz CT molecular complexity index is 497. The number of ether oxygens (including phenoxy) is 2. The molecule has 5 nitrogen and oxygen atoms in total. The summed E-state index contributed by atoms with van der Waals surface area (Å²) in [5, 5.41) is 8.86. The first-order valence-corrected chi connectivity index (χ1v) is 6.14. The molecule has 0 aliphatic carbocycles. The van der Waals surface area contributed by atoms with Gasteiger partial charge in [-0.3, -0.25) is 4.98 Å². The lowest BCUT2D eigenvalue weighted by atomic mass is 10.3. The number of aromatic nitrogens is 2. The zero-order valence-corrected chi connectivity index (χ0v) is 10.7. The second kappa shape index (κ2) is 6.70. The molecule has 2 rings (SSSR count). The molecule has 0 fully saturated rings. The molecule has 0 saturated heterocycles. The number of aliphatic hydroxyl groups excluding tert-OH is 1. The van der Waals surface area contributed by atoms with Crippen LogP contribution in [0.1, 0.15) is 19.0 Å². The molecule has 1 heterocycles. The maximum absolute atomic E-state index is 8.86. The Morgan fingerprint density at radius 3 is 2.37 bits per heavy atom. The Morgan fingerprint density at radius 1 is 1.05 bits per heavy atom. The molecule has 1 N–H and O–H groups in total. The van der Waals surface area contributed by atoms with Crippen LogP contribution in [0.2, 0.25) is 0 Å². The number of nitrogens with zero attached hydrogens (tertiary/aromatic N) is 2. The van der Waals surface area contributed by atoms with Crippen LogP contribution < -0.4 is 9.47 Å². The second-order valence-electron chi connectivity index (χ2n) is 3.93. The van der Waals surface area contributed by atoms with Gasteiger partial charge in [-0.25, -0.2) is 4.98 Å². The van der Waals surface area contributed by atoms with Crippen LogP contribution in [0.25, 0.3) is 0 Å². The van der Waals surface area contributed by atoms with Crippen molar-refractivity contribution in [1.29, 1.82) is 0 Å². The van der Waals surface area contributed by atoms with E-state index >= 15 is 0 Å². The Morgan fingerprint density at radius 2 is 1.79 bits per heavy atom. The summed E-state index contributed by atoms with van der Waals surface area (Å²) < 4.78 is 11.0. The lowest BCUT2D eigenvalue weighted by Crippen LogP contribution is -1.95. The molecular formula is C14H16N2O3. The average Bonchev–Trinajstić information content (AvgIpc) is 2.47.